The summed E-state index contributed by atoms with van der Waals surface area (Å²) in [5, 5.41) is 1.25. The zero-order valence-corrected chi connectivity index (χ0v) is 21.4. The van der Waals surface area contributed by atoms with E-state index in [1.807, 2.05) is 12.1 Å². The normalized spacial score (nSPS) is 32.7. The van der Waals surface area contributed by atoms with E-state index in [1.165, 1.54) is 16.4 Å². The maximum absolute atomic E-state index is 12.8. The average Bonchev–Trinajstić information content (AvgIpc) is 3.56. The first kappa shape index (κ1) is 24.6. The number of nitrogens with zero attached hydrogens (tertiary/aromatic N) is 1. The second-order valence-corrected chi connectivity index (χ2v) is 11.3. The predicted molar refractivity (Wildman–Crippen MR) is 132 cm³/mol. The van der Waals surface area contributed by atoms with Gasteiger partial charge in [0.05, 0.1) is 6.10 Å². The molecule has 3 heterocycles. The number of hydroxylamine groups is 2. The van der Waals surface area contributed by atoms with Crippen LogP contribution >= 0.6 is 0 Å². The molecule has 0 N–H and O–H groups in total. The Kier molecular flexibility index (Phi) is 6.11. The maximum atomic E-state index is 12.8. The highest BCUT2D eigenvalue weighted by molar-refractivity contribution is 5.86. The third kappa shape index (κ3) is 4.26. The molecule has 8 nitrogen and oxygen atoms in total. The van der Waals surface area contributed by atoms with Gasteiger partial charge in [0.1, 0.15) is 23.7 Å². The van der Waals surface area contributed by atoms with Gasteiger partial charge in [-0.2, -0.15) is 0 Å². The molecule has 3 aliphatic heterocycles. The van der Waals surface area contributed by atoms with E-state index in [1.54, 1.807) is 20.8 Å². The molecule has 3 unspecified atom stereocenters. The van der Waals surface area contributed by atoms with E-state index in [2.05, 4.69) is 48.5 Å². The fourth-order valence-corrected chi connectivity index (χ4v) is 6.39. The number of hydrogen-bond acceptors (Lipinski definition) is 8. The van der Waals surface area contributed by atoms with Gasteiger partial charge in [0, 0.05) is 11.8 Å². The Bertz CT molecular complexity index is 1110. The van der Waals surface area contributed by atoms with Crippen molar-refractivity contribution in [2.75, 3.05) is 0 Å². The molecule has 196 valence electrons. The number of benzene rings is 2. The first-order valence-corrected chi connectivity index (χ1v) is 13.1. The third-order valence-corrected chi connectivity index (χ3v) is 7.84. The van der Waals surface area contributed by atoms with Crippen LogP contribution in [0.25, 0.3) is 0 Å². The quantitative estimate of drug-likeness (QED) is 0.560. The first-order chi connectivity index (χ1) is 17.8. The molecule has 6 rings (SSSR count). The molecule has 3 saturated heterocycles. The minimum Gasteiger partial charge on any atom is -0.460 e. The summed E-state index contributed by atoms with van der Waals surface area (Å²) in [5.41, 5.74) is 1.36. The van der Waals surface area contributed by atoms with Crippen molar-refractivity contribution in [3.8, 4) is 0 Å². The Morgan fingerprint density at radius 3 is 2.27 bits per heavy atom. The Balaban J connectivity index is 1.25. The average molecular weight is 508 g/mol. The van der Waals surface area contributed by atoms with Crippen LogP contribution in [0, 0.1) is 5.92 Å². The van der Waals surface area contributed by atoms with Gasteiger partial charge in [0.25, 0.3) is 0 Å². The van der Waals surface area contributed by atoms with Crippen molar-refractivity contribution >= 4 is 11.9 Å². The van der Waals surface area contributed by atoms with Gasteiger partial charge < -0.3 is 14.2 Å². The number of carbonyl (C=O) groups excluding carboxylic acids is 2. The van der Waals surface area contributed by atoms with E-state index in [0.29, 0.717) is 6.42 Å². The van der Waals surface area contributed by atoms with Gasteiger partial charge in [-0.05, 0) is 51.2 Å². The SMILES string of the molecule is CC(C)(C)OC(=O)[C@@H]1ON2O[C@H](OC3CCCC3(c3ccccc3)c3ccccc3)C[C@H]3OC(=O)C1C32. The second-order valence-electron chi connectivity index (χ2n) is 11.3. The van der Waals surface area contributed by atoms with Gasteiger partial charge in [0.15, 0.2) is 12.4 Å². The van der Waals surface area contributed by atoms with E-state index in [-0.39, 0.29) is 11.5 Å². The lowest BCUT2D eigenvalue weighted by molar-refractivity contribution is -0.446. The summed E-state index contributed by atoms with van der Waals surface area (Å²) in [4.78, 5) is 37.6. The van der Waals surface area contributed by atoms with Crippen LogP contribution in [0.5, 0.6) is 0 Å². The van der Waals surface area contributed by atoms with Gasteiger partial charge in [-0.25, -0.2) is 9.63 Å². The van der Waals surface area contributed by atoms with Crippen LogP contribution in [0.15, 0.2) is 60.7 Å². The Morgan fingerprint density at radius 1 is 1.00 bits per heavy atom. The molecule has 0 amide bonds. The summed E-state index contributed by atoms with van der Waals surface area (Å²) in [6, 6.07) is 20.4. The van der Waals surface area contributed by atoms with Crippen LogP contribution in [0.4, 0.5) is 0 Å². The van der Waals surface area contributed by atoms with Crippen LogP contribution in [0.3, 0.4) is 0 Å². The topological polar surface area (TPSA) is 83.5 Å². The molecule has 2 aromatic rings. The lowest BCUT2D eigenvalue weighted by Gasteiger charge is -2.41. The third-order valence-electron chi connectivity index (χ3n) is 7.84. The fourth-order valence-electron chi connectivity index (χ4n) is 6.39. The lowest BCUT2D eigenvalue weighted by atomic mass is 9.71. The number of esters is 2. The van der Waals surface area contributed by atoms with Crippen molar-refractivity contribution in [1.82, 2.24) is 5.23 Å². The highest BCUT2D eigenvalue weighted by Gasteiger charge is 2.64. The van der Waals surface area contributed by atoms with E-state index in [4.69, 9.17) is 23.9 Å². The van der Waals surface area contributed by atoms with Crippen LogP contribution in [-0.4, -0.2) is 53.4 Å². The minimum atomic E-state index is -1.11. The molecule has 0 radical (unpaired) electrons. The van der Waals surface area contributed by atoms with Gasteiger partial charge in [-0.15, -0.1) is 0 Å². The highest BCUT2D eigenvalue weighted by atomic mass is 17.0. The molecule has 1 aliphatic carbocycles. The van der Waals surface area contributed by atoms with Crippen molar-refractivity contribution in [2.45, 2.75) is 88.1 Å². The molecule has 0 spiro atoms. The van der Waals surface area contributed by atoms with Crippen molar-refractivity contribution in [2.24, 2.45) is 5.92 Å². The summed E-state index contributed by atoms with van der Waals surface area (Å²) >= 11 is 0. The molecule has 4 fully saturated rings. The lowest BCUT2D eigenvalue weighted by Crippen LogP contribution is -2.50. The van der Waals surface area contributed by atoms with Crippen LogP contribution in [-0.2, 0) is 38.9 Å². The molecule has 6 atom stereocenters. The van der Waals surface area contributed by atoms with E-state index in [9.17, 15) is 9.59 Å². The van der Waals surface area contributed by atoms with Crippen LogP contribution in [0.2, 0.25) is 0 Å². The number of hydrogen-bond donors (Lipinski definition) is 0. The number of ether oxygens (including phenoxy) is 3. The molecule has 8 heteroatoms. The van der Waals surface area contributed by atoms with Crippen molar-refractivity contribution < 1.29 is 33.5 Å². The van der Waals surface area contributed by atoms with Gasteiger partial charge >= 0.3 is 11.9 Å². The minimum absolute atomic E-state index is 0.156. The summed E-state index contributed by atoms with van der Waals surface area (Å²) in [6.45, 7) is 5.32. The fraction of sp³-hybridized carbons (Fsp3) is 0.517. The Labute approximate surface area is 216 Å². The largest absolute Gasteiger partial charge is 0.460 e. The molecule has 0 bridgehead atoms. The van der Waals surface area contributed by atoms with E-state index in [0.717, 1.165) is 19.3 Å². The summed E-state index contributed by atoms with van der Waals surface area (Å²) in [7, 11) is 0. The summed E-state index contributed by atoms with van der Waals surface area (Å²) in [5.74, 6) is -1.87. The van der Waals surface area contributed by atoms with Crippen LogP contribution in [0.1, 0.15) is 57.6 Å². The Hall–Kier alpha value is -2.78. The van der Waals surface area contributed by atoms with Gasteiger partial charge in [-0.1, -0.05) is 65.9 Å². The maximum Gasteiger partial charge on any atom is 0.339 e. The Morgan fingerprint density at radius 2 is 1.65 bits per heavy atom. The van der Waals surface area contributed by atoms with Crippen molar-refractivity contribution in [3.63, 3.8) is 0 Å². The monoisotopic (exact) mass is 507 g/mol. The summed E-state index contributed by atoms with van der Waals surface area (Å²) < 4.78 is 17.9. The predicted octanol–water partition coefficient (Wildman–Crippen LogP) is 4.07. The molecule has 2 aromatic carbocycles. The number of carbonyl (C=O) groups is 2. The smallest absolute Gasteiger partial charge is 0.339 e. The zero-order chi connectivity index (χ0) is 25.8. The molecular formula is C29H33NO7. The van der Waals surface area contributed by atoms with Crippen LogP contribution < -0.4 is 0 Å². The standard InChI is InChI=1S/C29H33NO7/c1-28(2,3)35-27(32)25-23-24-20(33-26(23)31)17-22(36-30(24)37-25)34-21-15-10-16-29(21,18-11-6-4-7-12-18)19-13-8-5-9-14-19/h4-9,11-14,20-25H,10,15-17H2,1-3H3/t20-,21?,22+,23?,24?,25-/m1/s1. The van der Waals surface area contributed by atoms with E-state index >= 15 is 0 Å². The summed E-state index contributed by atoms with van der Waals surface area (Å²) in [6.07, 6.45) is 0.725. The van der Waals surface area contributed by atoms with E-state index < -0.39 is 48.0 Å². The molecular weight excluding hydrogens is 474 g/mol. The van der Waals surface area contributed by atoms with Gasteiger partial charge in [-0.3, -0.25) is 9.63 Å². The number of rotatable bonds is 5. The highest BCUT2D eigenvalue weighted by Crippen LogP contribution is 2.50. The van der Waals surface area contributed by atoms with Crippen molar-refractivity contribution in [1.29, 1.82) is 0 Å². The van der Waals surface area contributed by atoms with Crippen molar-refractivity contribution in [3.05, 3.63) is 71.8 Å². The molecule has 0 aromatic heterocycles. The first-order valence-electron chi connectivity index (χ1n) is 13.1. The van der Waals surface area contributed by atoms with Gasteiger partial charge in [0.2, 0.25) is 0 Å². The molecule has 1 saturated carbocycles. The molecule has 4 aliphatic rings. The molecule has 37 heavy (non-hydrogen) atoms. The second kappa shape index (κ2) is 9.20. The zero-order valence-electron chi connectivity index (χ0n) is 21.4.